The van der Waals surface area contributed by atoms with Crippen LogP contribution in [0.15, 0.2) is 0 Å². The van der Waals surface area contributed by atoms with E-state index in [1.54, 1.807) is 0 Å². The van der Waals surface area contributed by atoms with Crippen molar-refractivity contribution in [3.8, 4) is 0 Å². The Morgan fingerprint density at radius 2 is 2.27 bits per heavy atom. The van der Waals surface area contributed by atoms with Gasteiger partial charge in [0.15, 0.2) is 0 Å². The summed E-state index contributed by atoms with van der Waals surface area (Å²) < 4.78 is 0.851. The van der Waals surface area contributed by atoms with E-state index >= 15 is 0 Å². The van der Waals surface area contributed by atoms with Crippen molar-refractivity contribution in [3.63, 3.8) is 0 Å². The summed E-state index contributed by atoms with van der Waals surface area (Å²) in [6.45, 7) is 0. The molecule has 4 heteroatoms. The molecule has 2 nitrogen and oxygen atoms in total. The lowest BCUT2D eigenvalue weighted by Gasteiger charge is -2.10. The Labute approximate surface area is 98.9 Å². The normalized spacial score (nSPS) is 24.4. The first-order valence-corrected chi connectivity index (χ1v) is 7.04. The first-order chi connectivity index (χ1) is 7.34. The third kappa shape index (κ3) is 1.74. The van der Waals surface area contributed by atoms with Crippen LogP contribution in [0.4, 0.5) is 0 Å². The van der Waals surface area contributed by atoms with E-state index in [0.717, 1.165) is 23.3 Å². The highest BCUT2D eigenvalue weighted by molar-refractivity contribution is 7.99. The highest BCUT2D eigenvalue weighted by Gasteiger charge is 2.22. The van der Waals surface area contributed by atoms with Crippen LogP contribution in [0, 0.1) is 4.64 Å². The summed E-state index contributed by atoms with van der Waals surface area (Å²) in [4.78, 5) is 8.07. The van der Waals surface area contributed by atoms with Gasteiger partial charge in [0.05, 0.1) is 5.25 Å². The first kappa shape index (κ1) is 9.85. The highest BCUT2D eigenvalue weighted by atomic mass is 32.2. The summed E-state index contributed by atoms with van der Waals surface area (Å²) >= 11 is 7.37. The summed E-state index contributed by atoms with van der Waals surface area (Å²) in [7, 11) is 0. The van der Waals surface area contributed by atoms with Gasteiger partial charge in [-0.2, -0.15) is 11.8 Å². The van der Waals surface area contributed by atoms with Crippen molar-refractivity contribution < 1.29 is 0 Å². The zero-order chi connectivity index (χ0) is 10.3. The second-order valence-corrected chi connectivity index (χ2v) is 5.94. The molecule has 1 aliphatic carbocycles. The number of fused-ring (bicyclic) bond motifs is 1. The van der Waals surface area contributed by atoms with Gasteiger partial charge in [-0.25, -0.2) is 4.98 Å². The van der Waals surface area contributed by atoms with Crippen molar-refractivity contribution in [2.75, 3.05) is 5.75 Å². The van der Waals surface area contributed by atoms with E-state index < -0.39 is 0 Å². The van der Waals surface area contributed by atoms with Gasteiger partial charge in [0.2, 0.25) is 0 Å². The van der Waals surface area contributed by atoms with E-state index in [1.807, 2.05) is 11.8 Å². The van der Waals surface area contributed by atoms with Crippen molar-refractivity contribution in [1.82, 2.24) is 9.97 Å². The molecule has 0 amide bonds. The number of hydrogen-bond acceptors (Lipinski definition) is 3. The number of rotatable bonds is 1. The van der Waals surface area contributed by atoms with E-state index in [1.165, 1.54) is 36.3 Å². The topological polar surface area (TPSA) is 28.7 Å². The molecule has 1 saturated heterocycles. The lowest BCUT2D eigenvalue weighted by atomic mass is 10.2. The molecule has 3 rings (SSSR count). The number of nitrogens with one attached hydrogen (secondary N) is 1. The summed E-state index contributed by atoms with van der Waals surface area (Å²) in [5, 5.41) is 0.567. The predicted octanol–water partition coefficient (Wildman–Crippen LogP) is 3.20. The van der Waals surface area contributed by atoms with E-state index in [0.29, 0.717) is 5.25 Å². The lowest BCUT2D eigenvalue weighted by molar-refractivity contribution is 0.764. The number of aromatic nitrogens is 2. The lowest BCUT2D eigenvalue weighted by Crippen LogP contribution is -2.03. The Kier molecular flexibility index (Phi) is 2.56. The number of nitrogens with zero attached hydrogens (tertiary/aromatic N) is 1. The number of aryl methyl sites for hydroxylation is 1. The fraction of sp³-hybridized carbons (Fsp3) is 0.636. The number of thioether (sulfide) groups is 1. The van der Waals surface area contributed by atoms with Crippen LogP contribution in [0.3, 0.4) is 0 Å². The molecule has 1 unspecified atom stereocenters. The van der Waals surface area contributed by atoms with Crippen molar-refractivity contribution in [2.45, 2.75) is 37.4 Å². The fourth-order valence-corrected chi connectivity index (χ4v) is 3.97. The smallest absolute Gasteiger partial charge is 0.133 e. The summed E-state index contributed by atoms with van der Waals surface area (Å²) in [5.74, 6) is 2.40. The van der Waals surface area contributed by atoms with Gasteiger partial charge in [-0.15, -0.1) is 0 Å². The SMILES string of the molecule is S=c1nc(C2CCCS2)[nH]c2c1CCC2. The number of aromatic amines is 1. The van der Waals surface area contributed by atoms with Crippen LogP contribution >= 0.6 is 24.0 Å². The molecule has 1 fully saturated rings. The minimum Gasteiger partial charge on any atom is -0.346 e. The molecule has 1 aliphatic heterocycles. The van der Waals surface area contributed by atoms with Gasteiger partial charge in [0, 0.05) is 11.3 Å². The molecule has 1 N–H and O–H groups in total. The van der Waals surface area contributed by atoms with Gasteiger partial charge in [0.1, 0.15) is 10.5 Å². The van der Waals surface area contributed by atoms with Gasteiger partial charge in [-0.1, -0.05) is 12.2 Å². The molecule has 0 aromatic carbocycles. The Balaban J connectivity index is 2.03. The Hall–Kier alpha value is -0.350. The van der Waals surface area contributed by atoms with E-state index in [2.05, 4.69) is 9.97 Å². The van der Waals surface area contributed by atoms with Crippen molar-refractivity contribution in [2.24, 2.45) is 0 Å². The van der Waals surface area contributed by atoms with E-state index in [4.69, 9.17) is 12.2 Å². The summed E-state index contributed by atoms with van der Waals surface area (Å²) in [5.41, 5.74) is 2.66. The zero-order valence-corrected chi connectivity index (χ0v) is 10.2. The van der Waals surface area contributed by atoms with Crippen molar-refractivity contribution in [1.29, 1.82) is 0 Å². The van der Waals surface area contributed by atoms with Crippen LogP contribution < -0.4 is 0 Å². The van der Waals surface area contributed by atoms with Crippen LogP contribution in [0.25, 0.3) is 0 Å². The highest BCUT2D eigenvalue weighted by Crippen LogP contribution is 2.38. The van der Waals surface area contributed by atoms with Crippen molar-refractivity contribution in [3.05, 3.63) is 21.7 Å². The molecule has 0 bridgehead atoms. The molecule has 0 spiro atoms. The molecular formula is C11H14N2S2. The van der Waals surface area contributed by atoms with Crippen molar-refractivity contribution >= 4 is 24.0 Å². The Bertz CT molecular complexity index is 433. The molecule has 2 aliphatic rings. The molecule has 15 heavy (non-hydrogen) atoms. The van der Waals surface area contributed by atoms with Gasteiger partial charge in [-0.05, 0) is 37.9 Å². The van der Waals surface area contributed by atoms with Crippen LogP contribution in [-0.4, -0.2) is 15.7 Å². The third-order valence-corrected chi connectivity index (χ3v) is 4.94. The van der Waals surface area contributed by atoms with Gasteiger partial charge in [-0.3, -0.25) is 0 Å². The average Bonchev–Trinajstić information content (AvgIpc) is 2.88. The van der Waals surface area contributed by atoms with Crippen LogP contribution in [0.5, 0.6) is 0 Å². The monoisotopic (exact) mass is 238 g/mol. The number of hydrogen-bond donors (Lipinski definition) is 1. The Morgan fingerprint density at radius 1 is 1.33 bits per heavy atom. The molecule has 1 aromatic rings. The van der Waals surface area contributed by atoms with Gasteiger partial charge >= 0.3 is 0 Å². The maximum absolute atomic E-state index is 5.36. The summed E-state index contributed by atoms with van der Waals surface area (Å²) in [6, 6.07) is 0. The maximum Gasteiger partial charge on any atom is 0.133 e. The third-order valence-electron chi connectivity index (χ3n) is 3.21. The Morgan fingerprint density at radius 3 is 3.07 bits per heavy atom. The minimum absolute atomic E-state index is 0.567. The minimum atomic E-state index is 0.567. The van der Waals surface area contributed by atoms with E-state index in [9.17, 15) is 0 Å². The van der Waals surface area contributed by atoms with Crippen LogP contribution in [-0.2, 0) is 12.8 Å². The number of H-pyrrole nitrogens is 1. The first-order valence-electron chi connectivity index (χ1n) is 5.58. The van der Waals surface area contributed by atoms with Crippen LogP contribution in [0.2, 0.25) is 0 Å². The molecule has 80 valence electrons. The average molecular weight is 238 g/mol. The fourth-order valence-electron chi connectivity index (χ4n) is 2.42. The molecule has 2 heterocycles. The molecule has 0 radical (unpaired) electrons. The molecule has 1 atom stereocenters. The molecule has 0 saturated carbocycles. The second-order valence-electron chi connectivity index (χ2n) is 4.24. The van der Waals surface area contributed by atoms with Gasteiger partial charge in [0.25, 0.3) is 0 Å². The standard InChI is InChI=1S/C11H14N2S2/c14-11-7-3-1-4-8(7)12-10(13-11)9-5-2-6-15-9/h9H,1-6H2,(H,12,13,14). The predicted molar refractivity (Wildman–Crippen MR) is 65.9 cm³/mol. The van der Waals surface area contributed by atoms with E-state index in [-0.39, 0.29) is 0 Å². The zero-order valence-electron chi connectivity index (χ0n) is 8.58. The quantitative estimate of drug-likeness (QED) is 0.762. The molecule has 1 aromatic heterocycles. The largest absolute Gasteiger partial charge is 0.346 e. The van der Waals surface area contributed by atoms with Gasteiger partial charge < -0.3 is 4.98 Å². The molecular weight excluding hydrogens is 224 g/mol. The van der Waals surface area contributed by atoms with Crippen LogP contribution in [0.1, 0.15) is 41.6 Å². The maximum atomic E-state index is 5.36. The summed E-state index contributed by atoms with van der Waals surface area (Å²) in [6.07, 6.45) is 6.08. The second kappa shape index (κ2) is 3.91.